The Morgan fingerprint density at radius 1 is 1.35 bits per heavy atom. The van der Waals surface area contributed by atoms with Crippen LogP contribution in [0.3, 0.4) is 0 Å². The number of allylic oxidation sites excluding steroid dienone is 1. The summed E-state index contributed by atoms with van der Waals surface area (Å²) in [5.41, 5.74) is 5.39. The zero-order chi connectivity index (χ0) is 11.8. The molecule has 92 valence electrons. The van der Waals surface area contributed by atoms with Gasteiger partial charge in [-0.25, -0.2) is 0 Å². The molecule has 1 saturated carbocycles. The van der Waals surface area contributed by atoms with Gasteiger partial charge in [-0.05, 0) is 24.4 Å². The maximum absolute atomic E-state index is 11.4. The van der Waals surface area contributed by atoms with Gasteiger partial charge in [0.2, 0.25) is 0 Å². The second-order valence-corrected chi connectivity index (χ2v) is 5.24. The number of rotatable bonds is 1. The summed E-state index contributed by atoms with van der Waals surface area (Å²) in [4.78, 5) is 0. The van der Waals surface area contributed by atoms with Crippen LogP contribution >= 0.6 is 11.6 Å². The molecule has 1 fully saturated rings. The third-order valence-corrected chi connectivity index (χ3v) is 4.01. The van der Waals surface area contributed by atoms with Crippen molar-refractivity contribution in [1.82, 2.24) is 10.4 Å². The lowest BCUT2D eigenvalue weighted by molar-refractivity contribution is -0.445. The van der Waals surface area contributed by atoms with Crippen LogP contribution in [-0.4, -0.2) is 27.5 Å². The summed E-state index contributed by atoms with van der Waals surface area (Å²) in [5, 5.41) is 13.9. The summed E-state index contributed by atoms with van der Waals surface area (Å²) in [6.07, 6.45) is 10.0. The van der Waals surface area contributed by atoms with E-state index >= 15 is 0 Å². The minimum absolute atomic E-state index is 0.279. The van der Waals surface area contributed by atoms with Gasteiger partial charge in [0, 0.05) is 12.3 Å². The lowest BCUT2D eigenvalue weighted by atomic mass is 9.94. The Kier molecular flexibility index (Phi) is 2.74. The first kappa shape index (κ1) is 11.0. The SMILES string of the molecule is [O-][N+]1=C(Cl)C=C2C(=CNN2C2CCCCC2)C1. The molecule has 0 aromatic rings. The van der Waals surface area contributed by atoms with E-state index in [4.69, 9.17) is 11.6 Å². The smallest absolute Gasteiger partial charge is 0.283 e. The van der Waals surface area contributed by atoms with Crippen LogP contribution in [0.2, 0.25) is 0 Å². The van der Waals surface area contributed by atoms with Gasteiger partial charge in [0.05, 0.1) is 17.3 Å². The first-order chi connectivity index (χ1) is 8.25. The predicted molar refractivity (Wildman–Crippen MR) is 67.4 cm³/mol. The van der Waals surface area contributed by atoms with Gasteiger partial charge in [0.1, 0.15) is 0 Å². The number of fused-ring (bicyclic) bond motifs is 1. The molecule has 0 radical (unpaired) electrons. The van der Waals surface area contributed by atoms with E-state index in [0.717, 1.165) is 16.0 Å². The Morgan fingerprint density at radius 3 is 2.88 bits per heavy atom. The van der Waals surface area contributed by atoms with Crippen LogP contribution in [0.5, 0.6) is 0 Å². The van der Waals surface area contributed by atoms with E-state index in [1.54, 1.807) is 6.08 Å². The van der Waals surface area contributed by atoms with Crippen molar-refractivity contribution in [2.75, 3.05) is 6.54 Å². The number of halogens is 1. The fraction of sp³-hybridized carbons (Fsp3) is 0.583. The summed E-state index contributed by atoms with van der Waals surface area (Å²) in [6.45, 7) is 0.348. The molecule has 2 heterocycles. The van der Waals surface area contributed by atoms with Gasteiger partial charge in [-0.15, -0.1) is 0 Å². The summed E-state index contributed by atoms with van der Waals surface area (Å²) in [6, 6.07) is 0.534. The average Bonchev–Trinajstić information content (AvgIpc) is 2.74. The van der Waals surface area contributed by atoms with Crippen molar-refractivity contribution in [1.29, 1.82) is 0 Å². The van der Waals surface area contributed by atoms with Crippen molar-refractivity contribution < 1.29 is 4.74 Å². The Balaban J connectivity index is 1.83. The molecule has 0 amide bonds. The van der Waals surface area contributed by atoms with Crippen molar-refractivity contribution in [3.05, 3.63) is 28.8 Å². The molecule has 0 spiro atoms. The van der Waals surface area contributed by atoms with Crippen LogP contribution < -0.4 is 5.43 Å². The van der Waals surface area contributed by atoms with Gasteiger partial charge in [-0.2, -0.15) is 4.74 Å². The highest BCUT2D eigenvalue weighted by Gasteiger charge is 2.32. The Hall–Kier alpha value is -1.16. The van der Waals surface area contributed by atoms with Gasteiger partial charge in [-0.1, -0.05) is 19.3 Å². The van der Waals surface area contributed by atoms with Crippen LogP contribution in [0.4, 0.5) is 0 Å². The highest BCUT2D eigenvalue weighted by atomic mass is 35.5. The third kappa shape index (κ3) is 1.90. The molecule has 0 saturated heterocycles. The molecular weight excluding hydrogens is 238 g/mol. The summed E-state index contributed by atoms with van der Waals surface area (Å²) in [5.74, 6) is 0. The van der Waals surface area contributed by atoms with E-state index in [1.165, 1.54) is 32.1 Å². The van der Waals surface area contributed by atoms with E-state index in [0.29, 0.717) is 12.6 Å². The van der Waals surface area contributed by atoms with Crippen molar-refractivity contribution in [2.45, 2.75) is 38.1 Å². The van der Waals surface area contributed by atoms with Gasteiger partial charge in [-0.3, -0.25) is 5.01 Å². The molecule has 3 rings (SSSR count). The maximum atomic E-state index is 11.4. The van der Waals surface area contributed by atoms with Crippen molar-refractivity contribution in [2.24, 2.45) is 0 Å². The number of nitrogens with one attached hydrogen (secondary N) is 1. The van der Waals surface area contributed by atoms with Crippen LogP contribution in [0, 0.1) is 5.21 Å². The molecule has 17 heavy (non-hydrogen) atoms. The topological polar surface area (TPSA) is 41.3 Å². The molecule has 0 unspecified atom stereocenters. The molecule has 0 atom stereocenters. The largest absolute Gasteiger partial charge is 0.622 e. The zero-order valence-corrected chi connectivity index (χ0v) is 10.4. The summed E-state index contributed by atoms with van der Waals surface area (Å²) >= 11 is 5.91. The molecule has 5 heteroatoms. The number of hydrogen-bond donors (Lipinski definition) is 1. The Bertz CT molecular complexity index is 421. The molecule has 1 aliphatic carbocycles. The average molecular weight is 254 g/mol. The molecule has 0 aromatic carbocycles. The summed E-state index contributed by atoms with van der Waals surface area (Å²) in [7, 11) is 0. The van der Waals surface area contributed by atoms with Crippen LogP contribution in [-0.2, 0) is 0 Å². The van der Waals surface area contributed by atoms with Crippen LogP contribution in [0.15, 0.2) is 23.5 Å². The molecule has 1 N–H and O–H groups in total. The second kappa shape index (κ2) is 4.26. The normalized spacial score (nSPS) is 25.4. The minimum atomic E-state index is 0.279. The van der Waals surface area contributed by atoms with E-state index in [1.807, 2.05) is 6.20 Å². The fourth-order valence-electron chi connectivity index (χ4n) is 2.79. The van der Waals surface area contributed by atoms with E-state index in [9.17, 15) is 5.21 Å². The first-order valence-electron chi connectivity index (χ1n) is 6.19. The predicted octanol–water partition coefficient (Wildman–Crippen LogP) is 2.07. The van der Waals surface area contributed by atoms with Gasteiger partial charge >= 0.3 is 0 Å². The minimum Gasteiger partial charge on any atom is -0.622 e. The molecule has 0 aromatic heterocycles. The van der Waals surface area contributed by atoms with Crippen LogP contribution in [0.25, 0.3) is 0 Å². The number of hydrogen-bond acceptors (Lipinski definition) is 3. The molecule has 4 nitrogen and oxygen atoms in total. The van der Waals surface area contributed by atoms with E-state index in [2.05, 4.69) is 10.4 Å². The fourth-order valence-corrected chi connectivity index (χ4v) is 2.95. The highest BCUT2D eigenvalue weighted by Crippen LogP contribution is 2.31. The Labute approximate surface area is 106 Å². The van der Waals surface area contributed by atoms with Gasteiger partial charge in [0.25, 0.3) is 5.17 Å². The van der Waals surface area contributed by atoms with Crippen molar-refractivity contribution >= 4 is 16.8 Å². The monoisotopic (exact) mass is 253 g/mol. The number of hydrazine groups is 1. The van der Waals surface area contributed by atoms with Crippen molar-refractivity contribution in [3.8, 4) is 0 Å². The van der Waals surface area contributed by atoms with Crippen LogP contribution in [0.1, 0.15) is 32.1 Å². The maximum Gasteiger partial charge on any atom is 0.283 e. The van der Waals surface area contributed by atoms with E-state index < -0.39 is 0 Å². The second-order valence-electron chi connectivity index (χ2n) is 4.85. The third-order valence-electron chi connectivity index (χ3n) is 3.71. The lowest BCUT2D eigenvalue weighted by Crippen LogP contribution is -2.41. The van der Waals surface area contributed by atoms with E-state index in [-0.39, 0.29) is 5.17 Å². The standard InChI is InChI=1S/C12H16ClN3O/c13-12-6-11-9(8-15(12)17)7-14-16(11)10-4-2-1-3-5-10/h6-7,10,14H,1-5,8H2. The highest BCUT2D eigenvalue weighted by molar-refractivity contribution is 6.67. The quantitative estimate of drug-likeness (QED) is 0.575. The first-order valence-corrected chi connectivity index (χ1v) is 6.57. The molecule has 3 aliphatic rings. The molecule has 0 bridgehead atoms. The van der Waals surface area contributed by atoms with Gasteiger partial charge < -0.3 is 10.6 Å². The zero-order valence-electron chi connectivity index (χ0n) is 9.66. The Morgan fingerprint density at radius 2 is 2.12 bits per heavy atom. The molecule has 2 aliphatic heterocycles. The molecular formula is C12H16ClN3O. The van der Waals surface area contributed by atoms with Gasteiger partial charge in [0.15, 0.2) is 6.54 Å². The number of nitrogens with zero attached hydrogens (tertiary/aromatic N) is 2. The lowest BCUT2D eigenvalue weighted by Gasteiger charge is -2.34. The van der Waals surface area contributed by atoms with Crippen molar-refractivity contribution in [3.63, 3.8) is 0 Å². The number of hydroxylamine groups is 1. The summed E-state index contributed by atoms with van der Waals surface area (Å²) < 4.78 is 0.822.